The molecule has 4 nitrogen and oxygen atoms in total. The minimum absolute atomic E-state index is 0. The molecular formula is C16H19Cl2N3O. The van der Waals surface area contributed by atoms with Crippen molar-refractivity contribution in [1.29, 1.82) is 0 Å². The molecule has 1 amide bonds. The highest BCUT2D eigenvalue weighted by molar-refractivity contribution is 5.94. The molecule has 2 heterocycles. The van der Waals surface area contributed by atoms with Crippen molar-refractivity contribution in [2.45, 2.75) is 12.0 Å². The second-order valence-corrected chi connectivity index (χ2v) is 5.13. The van der Waals surface area contributed by atoms with Gasteiger partial charge in [-0.1, -0.05) is 30.3 Å². The van der Waals surface area contributed by atoms with Crippen LogP contribution in [0.5, 0.6) is 0 Å². The van der Waals surface area contributed by atoms with Gasteiger partial charge in [-0.25, -0.2) is 0 Å². The van der Waals surface area contributed by atoms with Crippen molar-refractivity contribution in [1.82, 2.24) is 9.88 Å². The van der Waals surface area contributed by atoms with E-state index in [0.717, 1.165) is 0 Å². The van der Waals surface area contributed by atoms with E-state index in [9.17, 15) is 4.79 Å². The monoisotopic (exact) mass is 339 g/mol. The van der Waals surface area contributed by atoms with Gasteiger partial charge >= 0.3 is 0 Å². The quantitative estimate of drug-likeness (QED) is 0.914. The van der Waals surface area contributed by atoms with Gasteiger partial charge in [0.05, 0.1) is 0 Å². The lowest BCUT2D eigenvalue weighted by Gasteiger charge is -2.16. The highest BCUT2D eigenvalue weighted by Gasteiger charge is 2.34. The van der Waals surface area contributed by atoms with E-state index < -0.39 is 0 Å². The highest BCUT2D eigenvalue weighted by atomic mass is 35.5. The zero-order chi connectivity index (χ0) is 13.9. The maximum absolute atomic E-state index is 12.4. The molecule has 2 N–H and O–H groups in total. The third-order valence-electron chi connectivity index (χ3n) is 3.81. The molecule has 1 aromatic heterocycles. The number of aromatic nitrogens is 1. The minimum atomic E-state index is -0.0109. The van der Waals surface area contributed by atoms with Crippen LogP contribution in [0.15, 0.2) is 54.9 Å². The van der Waals surface area contributed by atoms with Gasteiger partial charge in [0.15, 0.2) is 0 Å². The predicted octanol–water partition coefficient (Wildman–Crippen LogP) is 2.49. The topological polar surface area (TPSA) is 59.2 Å². The number of likely N-dealkylation sites (tertiary alicyclic amines) is 1. The number of hydrogen-bond acceptors (Lipinski definition) is 3. The van der Waals surface area contributed by atoms with E-state index in [1.165, 1.54) is 5.56 Å². The summed E-state index contributed by atoms with van der Waals surface area (Å²) >= 11 is 0. The van der Waals surface area contributed by atoms with E-state index in [1.54, 1.807) is 24.5 Å². The first-order valence-electron chi connectivity index (χ1n) is 6.75. The first-order valence-corrected chi connectivity index (χ1v) is 6.75. The molecule has 2 aromatic rings. The lowest BCUT2D eigenvalue weighted by atomic mass is 9.95. The van der Waals surface area contributed by atoms with Crippen LogP contribution < -0.4 is 5.73 Å². The van der Waals surface area contributed by atoms with Gasteiger partial charge in [0.1, 0.15) is 0 Å². The molecule has 1 saturated heterocycles. The van der Waals surface area contributed by atoms with Crippen LogP contribution in [0.3, 0.4) is 0 Å². The number of rotatable bonds is 2. The smallest absolute Gasteiger partial charge is 0.254 e. The number of carbonyl (C=O) groups is 1. The molecule has 0 saturated carbocycles. The molecule has 1 aromatic carbocycles. The third kappa shape index (κ3) is 3.77. The lowest BCUT2D eigenvalue weighted by molar-refractivity contribution is 0.0789. The zero-order valence-electron chi connectivity index (χ0n) is 12.0. The molecule has 6 heteroatoms. The van der Waals surface area contributed by atoms with Crippen LogP contribution in [-0.2, 0) is 0 Å². The Hall–Kier alpha value is -1.62. The molecule has 0 radical (unpaired) electrons. The van der Waals surface area contributed by atoms with E-state index in [-0.39, 0.29) is 42.7 Å². The molecule has 0 bridgehead atoms. The number of amides is 1. The van der Waals surface area contributed by atoms with Gasteiger partial charge in [-0.05, 0) is 17.7 Å². The van der Waals surface area contributed by atoms with Crippen LogP contribution in [0.4, 0.5) is 0 Å². The first-order chi connectivity index (χ1) is 9.75. The summed E-state index contributed by atoms with van der Waals surface area (Å²) in [5.74, 6) is 0.239. The van der Waals surface area contributed by atoms with Gasteiger partial charge in [-0.2, -0.15) is 0 Å². The largest absolute Gasteiger partial charge is 0.336 e. The van der Waals surface area contributed by atoms with Crippen molar-refractivity contribution < 1.29 is 4.79 Å². The van der Waals surface area contributed by atoms with Crippen molar-refractivity contribution in [2.24, 2.45) is 5.73 Å². The number of halogens is 2. The molecule has 0 spiro atoms. The standard InChI is InChI=1S/C16H17N3O.2ClH/c17-15-11-19(16(20)13-6-8-18-9-7-13)10-14(15)12-4-2-1-3-5-12;;/h1-9,14-15H,10-11,17H2;2*1H/t14-,15+;;/m0../s1. The first kappa shape index (κ1) is 18.4. The van der Waals surface area contributed by atoms with Gasteiger partial charge in [-0.3, -0.25) is 9.78 Å². The van der Waals surface area contributed by atoms with Crippen molar-refractivity contribution in [2.75, 3.05) is 13.1 Å². The van der Waals surface area contributed by atoms with Crippen LogP contribution >= 0.6 is 24.8 Å². The summed E-state index contributed by atoms with van der Waals surface area (Å²) in [5, 5.41) is 0. The van der Waals surface area contributed by atoms with E-state index in [0.29, 0.717) is 18.7 Å². The molecule has 22 heavy (non-hydrogen) atoms. The van der Waals surface area contributed by atoms with Gasteiger partial charge in [0.25, 0.3) is 5.91 Å². The van der Waals surface area contributed by atoms with Gasteiger partial charge < -0.3 is 10.6 Å². The summed E-state index contributed by atoms with van der Waals surface area (Å²) in [6.45, 7) is 1.27. The maximum atomic E-state index is 12.4. The number of nitrogens with two attached hydrogens (primary N) is 1. The Morgan fingerprint density at radius 3 is 2.32 bits per heavy atom. The van der Waals surface area contributed by atoms with Crippen LogP contribution in [0.2, 0.25) is 0 Å². The number of hydrogen-bond donors (Lipinski definition) is 1. The molecule has 118 valence electrons. The summed E-state index contributed by atoms with van der Waals surface area (Å²) in [6.07, 6.45) is 3.27. The van der Waals surface area contributed by atoms with Crippen molar-refractivity contribution in [3.05, 3.63) is 66.0 Å². The number of nitrogens with zero attached hydrogens (tertiary/aromatic N) is 2. The van der Waals surface area contributed by atoms with Gasteiger partial charge in [0.2, 0.25) is 0 Å². The number of pyridine rings is 1. The molecule has 0 aliphatic carbocycles. The molecule has 3 rings (SSSR count). The second-order valence-electron chi connectivity index (χ2n) is 5.13. The third-order valence-corrected chi connectivity index (χ3v) is 3.81. The Kier molecular flexibility index (Phi) is 6.81. The lowest BCUT2D eigenvalue weighted by Crippen LogP contribution is -2.32. The fourth-order valence-electron chi connectivity index (χ4n) is 2.72. The van der Waals surface area contributed by atoms with Crippen LogP contribution in [0.25, 0.3) is 0 Å². The molecular weight excluding hydrogens is 321 g/mol. The van der Waals surface area contributed by atoms with Gasteiger partial charge in [0, 0.05) is 43.0 Å². The summed E-state index contributed by atoms with van der Waals surface area (Å²) in [4.78, 5) is 18.2. The van der Waals surface area contributed by atoms with E-state index in [2.05, 4.69) is 17.1 Å². The Bertz CT molecular complexity index is 595. The average Bonchev–Trinajstić information content (AvgIpc) is 2.90. The molecule has 1 aliphatic rings. The van der Waals surface area contributed by atoms with E-state index in [1.807, 2.05) is 23.1 Å². The molecule has 1 aliphatic heterocycles. The summed E-state index contributed by atoms with van der Waals surface area (Å²) < 4.78 is 0. The number of carbonyl (C=O) groups excluding carboxylic acids is 1. The van der Waals surface area contributed by atoms with E-state index in [4.69, 9.17) is 5.73 Å². The highest BCUT2D eigenvalue weighted by Crippen LogP contribution is 2.27. The van der Waals surface area contributed by atoms with Crippen molar-refractivity contribution in [3.8, 4) is 0 Å². The van der Waals surface area contributed by atoms with Crippen molar-refractivity contribution >= 4 is 30.7 Å². The maximum Gasteiger partial charge on any atom is 0.254 e. The van der Waals surface area contributed by atoms with Crippen LogP contribution in [-0.4, -0.2) is 34.9 Å². The summed E-state index contributed by atoms with van der Waals surface area (Å²) in [5.41, 5.74) is 8.08. The fourth-order valence-corrected chi connectivity index (χ4v) is 2.72. The molecule has 2 atom stereocenters. The predicted molar refractivity (Wildman–Crippen MR) is 91.8 cm³/mol. The average molecular weight is 340 g/mol. The normalized spacial score (nSPS) is 20.0. The fraction of sp³-hybridized carbons (Fsp3) is 0.250. The van der Waals surface area contributed by atoms with Crippen LogP contribution in [0.1, 0.15) is 21.8 Å². The number of benzene rings is 1. The molecule has 0 unspecified atom stereocenters. The second kappa shape index (κ2) is 8.13. The van der Waals surface area contributed by atoms with Crippen LogP contribution in [0, 0.1) is 0 Å². The Morgan fingerprint density at radius 2 is 1.68 bits per heavy atom. The SMILES string of the molecule is Cl.Cl.N[C@@H]1CN(C(=O)c2ccncc2)C[C@H]1c1ccccc1. The minimum Gasteiger partial charge on any atom is -0.336 e. The Morgan fingerprint density at radius 1 is 1.05 bits per heavy atom. The zero-order valence-corrected chi connectivity index (χ0v) is 13.6. The Labute approximate surface area is 142 Å². The summed E-state index contributed by atoms with van der Waals surface area (Å²) in [7, 11) is 0. The van der Waals surface area contributed by atoms with Crippen molar-refractivity contribution in [3.63, 3.8) is 0 Å². The molecule has 1 fully saturated rings. The van der Waals surface area contributed by atoms with E-state index >= 15 is 0 Å². The summed E-state index contributed by atoms with van der Waals surface area (Å²) in [6, 6.07) is 13.6. The Balaban J connectivity index is 0.00000121. The van der Waals surface area contributed by atoms with Gasteiger partial charge in [-0.15, -0.1) is 24.8 Å².